The average Bonchev–Trinajstić information content (AvgIpc) is 2.28. The zero-order chi connectivity index (χ0) is 12.5. The summed E-state index contributed by atoms with van der Waals surface area (Å²) in [6.07, 6.45) is 12.8. The number of hydrogen-bond acceptors (Lipinski definition) is 1. The van der Waals surface area contributed by atoms with Crippen molar-refractivity contribution < 1.29 is 4.74 Å². The number of hydrogen-bond donors (Lipinski definition) is 0. The summed E-state index contributed by atoms with van der Waals surface area (Å²) in [5.74, 6) is 0. The topological polar surface area (TPSA) is 9.23 Å². The van der Waals surface area contributed by atoms with Crippen molar-refractivity contribution in [1.29, 1.82) is 0 Å². The maximum atomic E-state index is 5.28. The van der Waals surface area contributed by atoms with Crippen LogP contribution in [0.5, 0.6) is 0 Å². The van der Waals surface area contributed by atoms with E-state index >= 15 is 0 Å². The second-order valence-corrected chi connectivity index (χ2v) is 4.08. The van der Waals surface area contributed by atoms with E-state index in [9.17, 15) is 0 Å². The molecule has 0 rings (SSSR count). The Hall–Kier alpha value is -0.300. The average molecular weight is 228 g/mol. The zero-order valence-electron chi connectivity index (χ0n) is 11.8. The van der Waals surface area contributed by atoms with Crippen molar-refractivity contribution in [3.05, 3.63) is 12.7 Å². The van der Waals surface area contributed by atoms with Gasteiger partial charge in [-0.1, -0.05) is 57.9 Å². The summed E-state index contributed by atoms with van der Waals surface area (Å²) in [7, 11) is 0. The van der Waals surface area contributed by atoms with E-state index in [0.29, 0.717) is 0 Å². The molecule has 0 atom stereocenters. The molecule has 1 heteroatoms. The van der Waals surface area contributed by atoms with Gasteiger partial charge in [0.25, 0.3) is 0 Å². The largest absolute Gasteiger partial charge is 0.382 e. The van der Waals surface area contributed by atoms with E-state index in [2.05, 4.69) is 20.4 Å². The SMILES string of the molecule is C=CC.CCCCCCCCCCOCC. The summed E-state index contributed by atoms with van der Waals surface area (Å²) in [5, 5.41) is 0. The summed E-state index contributed by atoms with van der Waals surface area (Å²) in [5.41, 5.74) is 0. The van der Waals surface area contributed by atoms with Gasteiger partial charge >= 0.3 is 0 Å². The van der Waals surface area contributed by atoms with Crippen LogP contribution in [0.15, 0.2) is 12.7 Å². The molecule has 0 saturated carbocycles. The van der Waals surface area contributed by atoms with Gasteiger partial charge in [-0.25, -0.2) is 0 Å². The molecule has 0 aromatic heterocycles. The van der Waals surface area contributed by atoms with Gasteiger partial charge in [-0.3, -0.25) is 0 Å². The van der Waals surface area contributed by atoms with Crippen LogP contribution in [0, 0.1) is 0 Å². The molecule has 0 aliphatic heterocycles. The molecule has 0 aliphatic carbocycles. The van der Waals surface area contributed by atoms with Gasteiger partial charge in [0.2, 0.25) is 0 Å². The highest BCUT2D eigenvalue weighted by Gasteiger charge is 1.90. The van der Waals surface area contributed by atoms with Crippen molar-refractivity contribution in [1.82, 2.24) is 0 Å². The number of unbranched alkanes of at least 4 members (excludes halogenated alkanes) is 7. The van der Waals surface area contributed by atoms with E-state index in [1.54, 1.807) is 6.08 Å². The fourth-order valence-corrected chi connectivity index (χ4v) is 1.48. The van der Waals surface area contributed by atoms with Crippen LogP contribution >= 0.6 is 0 Å². The molecular formula is C15H32O. The molecule has 98 valence electrons. The monoisotopic (exact) mass is 228 g/mol. The van der Waals surface area contributed by atoms with Gasteiger partial charge in [0.15, 0.2) is 0 Å². The van der Waals surface area contributed by atoms with E-state index in [-0.39, 0.29) is 0 Å². The minimum absolute atomic E-state index is 0.872. The molecule has 0 N–H and O–H groups in total. The van der Waals surface area contributed by atoms with Crippen molar-refractivity contribution in [2.75, 3.05) is 13.2 Å². The fraction of sp³-hybridized carbons (Fsp3) is 0.867. The van der Waals surface area contributed by atoms with Crippen molar-refractivity contribution >= 4 is 0 Å². The molecule has 0 radical (unpaired) electrons. The molecular weight excluding hydrogens is 196 g/mol. The van der Waals surface area contributed by atoms with Gasteiger partial charge in [0.1, 0.15) is 0 Å². The summed E-state index contributed by atoms with van der Waals surface area (Å²) >= 11 is 0. The van der Waals surface area contributed by atoms with Gasteiger partial charge in [-0.15, -0.1) is 6.58 Å². The van der Waals surface area contributed by atoms with Gasteiger partial charge in [-0.05, 0) is 20.3 Å². The third-order valence-corrected chi connectivity index (χ3v) is 2.35. The third-order valence-electron chi connectivity index (χ3n) is 2.35. The molecule has 0 spiro atoms. The second kappa shape index (κ2) is 20.2. The Morgan fingerprint density at radius 1 is 0.875 bits per heavy atom. The van der Waals surface area contributed by atoms with Crippen LogP contribution in [-0.2, 0) is 4.74 Å². The molecule has 0 aromatic carbocycles. The van der Waals surface area contributed by atoms with Crippen LogP contribution in [0.25, 0.3) is 0 Å². The second-order valence-electron chi connectivity index (χ2n) is 4.08. The molecule has 16 heavy (non-hydrogen) atoms. The lowest BCUT2D eigenvalue weighted by molar-refractivity contribution is 0.143. The first-order valence-electron chi connectivity index (χ1n) is 6.98. The molecule has 0 aliphatic rings. The van der Waals surface area contributed by atoms with Gasteiger partial charge in [0, 0.05) is 13.2 Å². The maximum absolute atomic E-state index is 5.28. The summed E-state index contributed by atoms with van der Waals surface area (Å²) in [4.78, 5) is 0. The highest BCUT2D eigenvalue weighted by atomic mass is 16.5. The van der Waals surface area contributed by atoms with Crippen molar-refractivity contribution in [3.8, 4) is 0 Å². The Bertz CT molecular complexity index is 100. The van der Waals surface area contributed by atoms with Gasteiger partial charge in [0.05, 0.1) is 0 Å². The Kier molecular flexibility index (Phi) is 22.8. The molecule has 0 amide bonds. The highest BCUT2D eigenvalue weighted by molar-refractivity contribution is 4.51. The minimum Gasteiger partial charge on any atom is -0.382 e. The summed E-state index contributed by atoms with van der Waals surface area (Å²) in [6.45, 7) is 11.4. The molecule has 0 unspecified atom stereocenters. The maximum Gasteiger partial charge on any atom is 0.0465 e. The normalized spacial score (nSPS) is 9.44. The van der Waals surface area contributed by atoms with E-state index in [0.717, 1.165) is 13.2 Å². The summed E-state index contributed by atoms with van der Waals surface area (Å²) < 4.78 is 5.28. The Balaban J connectivity index is 0. The van der Waals surface area contributed by atoms with Crippen LogP contribution < -0.4 is 0 Å². The zero-order valence-corrected chi connectivity index (χ0v) is 11.8. The third kappa shape index (κ3) is 23.5. The van der Waals surface area contributed by atoms with Crippen LogP contribution in [-0.4, -0.2) is 13.2 Å². The smallest absolute Gasteiger partial charge is 0.0465 e. The first kappa shape index (κ1) is 18.1. The molecule has 0 saturated heterocycles. The van der Waals surface area contributed by atoms with Crippen LogP contribution in [0.4, 0.5) is 0 Å². The Morgan fingerprint density at radius 2 is 1.31 bits per heavy atom. The predicted molar refractivity (Wildman–Crippen MR) is 75.0 cm³/mol. The molecule has 0 bridgehead atoms. The van der Waals surface area contributed by atoms with Crippen molar-refractivity contribution in [2.24, 2.45) is 0 Å². The Morgan fingerprint density at radius 3 is 1.75 bits per heavy atom. The van der Waals surface area contributed by atoms with Gasteiger partial charge < -0.3 is 4.74 Å². The number of allylic oxidation sites excluding steroid dienone is 1. The number of rotatable bonds is 10. The van der Waals surface area contributed by atoms with E-state index in [1.807, 2.05) is 6.92 Å². The van der Waals surface area contributed by atoms with Crippen molar-refractivity contribution in [2.45, 2.75) is 72.1 Å². The lowest BCUT2D eigenvalue weighted by atomic mass is 10.1. The fourth-order valence-electron chi connectivity index (χ4n) is 1.48. The molecule has 0 fully saturated rings. The minimum atomic E-state index is 0.872. The standard InChI is InChI=1S/C12H26O.C3H6/c1-3-5-6-7-8-9-10-11-12-13-4-2;1-3-2/h3-12H2,1-2H3;3H,1H2,2H3. The Labute approximate surface area is 103 Å². The number of ether oxygens (including phenoxy) is 1. The predicted octanol–water partition coefficient (Wildman–Crippen LogP) is 5.36. The molecule has 1 nitrogen and oxygen atoms in total. The van der Waals surface area contributed by atoms with Gasteiger partial charge in [-0.2, -0.15) is 0 Å². The van der Waals surface area contributed by atoms with Crippen LogP contribution in [0.2, 0.25) is 0 Å². The molecule has 0 aromatic rings. The first-order chi connectivity index (χ1) is 7.83. The van der Waals surface area contributed by atoms with E-state index in [1.165, 1.54) is 51.4 Å². The van der Waals surface area contributed by atoms with E-state index in [4.69, 9.17) is 4.74 Å². The highest BCUT2D eigenvalue weighted by Crippen LogP contribution is 2.08. The quantitative estimate of drug-likeness (QED) is 0.361. The van der Waals surface area contributed by atoms with E-state index < -0.39 is 0 Å². The lowest BCUT2D eigenvalue weighted by Crippen LogP contribution is -1.92. The lowest BCUT2D eigenvalue weighted by Gasteiger charge is -2.01. The summed E-state index contributed by atoms with van der Waals surface area (Å²) in [6, 6.07) is 0. The molecule has 0 heterocycles. The van der Waals surface area contributed by atoms with Crippen LogP contribution in [0.1, 0.15) is 72.1 Å². The van der Waals surface area contributed by atoms with Crippen LogP contribution in [0.3, 0.4) is 0 Å². The van der Waals surface area contributed by atoms with Crippen molar-refractivity contribution in [3.63, 3.8) is 0 Å². The first-order valence-corrected chi connectivity index (χ1v) is 6.98.